The number of nitrogens with one attached hydrogen (secondary N) is 1. The molecule has 0 amide bonds. The average Bonchev–Trinajstić information content (AvgIpc) is 2.93. The Morgan fingerprint density at radius 3 is 2.73 bits per heavy atom. The minimum absolute atomic E-state index is 0.0942. The van der Waals surface area contributed by atoms with Crippen molar-refractivity contribution in [3.05, 3.63) is 52.2 Å². The van der Waals surface area contributed by atoms with Crippen LogP contribution in [-0.4, -0.2) is 31.7 Å². The lowest BCUT2D eigenvalue weighted by Crippen LogP contribution is -2.15. The van der Waals surface area contributed by atoms with Gasteiger partial charge in [-0.05, 0) is 38.1 Å². The predicted molar refractivity (Wildman–Crippen MR) is 94.0 cm³/mol. The second-order valence-electron chi connectivity index (χ2n) is 5.35. The maximum absolute atomic E-state index is 13.0. The number of halogens is 2. The molecular weight excluding hydrogens is 365 g/mol. The van der Waals surface area contributed by atoms with Crippen LogP contribution >= 0.6 is 11.6 Å². The maximum atomic E-state index is 13.0. The molecule has 0 bridgehead atoms. The number of carbonyl (C=O) groups excluding carboxylic acids is 2. The van der Waals surface area contributed by atoms with Gasteiger partial charge in [0.25, 0.3) is 0 Å². The van der Waals surface area contributed by atoms with Gasteiger partial charge in [-0.1, -0.05) is 11.6 Å². The Bertz CT molecular complexity index is 790. The largest absolute Gasteiger partial charge is 0.465 e. The number of carbonyl (C=O) groups is 2. The fourth-order valence-corrected chi connectivity index (χ4v) is 2.45. The molecule has 2 rings (SSSR count). The molecule has 2 aromatic rings. The van der Waals surface area contributed by atoms with E-state index in [1.807, 2.05) is 0 Å². The monoisotopic (exact) mass is 383 g/mol. The number of furan rings is 1. The quantitative estimate of drug-likeness (QED) is 0.552. The lowest BCUT2D eigenvalue weighted by atomic mass is 10.2. The third kappa shape index (κ3) is 5.49. The smallest absolute Gasteiger partial charge is 0.341 e. The van der Waals surface area contributed by atoms with Crippen LogP contribution in [0.5, 0.6) is 0 Å². The molecule has 0 saturated heterocycles. The molecule has 0 atom stereocenters. The van der Waals surface area contributed by atoms with Gasteiger partial charge in [-0.25, -0.2) is 9.18 Å². The minimum atomic E-state index is -0.499. The standard InChI is InChI=1S/C18H19ClFNO5/c1-3-24-18(23)14-9-13(26-11(14)2)10-17(22)25-7-6-21-16-5-4-12(20)8-15(16)19/h4-5,8-9,21H,3,6-7,10H2,1-2H3. The Hall–Kier alpha value is -2.54. The van der Waals surface area contributed by atoms with Crippen molar-refractivity contribution >= 4 is 29.2 Å². The second kappa shape index (κ2) is 9.24. The van der Waals surface area contributed by atoms with Crippen molar-refractivity contribution in [3.63, 3.8) is 0 Å². The molecule has 0 aliphatic rings. The van der Waals surface area contributed by atoms with Gasteiger partial charge >= 0.3 is 11.9 Å². The topological polar surface area (TPSA) is 77.8 Å². The van der Waals surface area contributed by atoms with Gasteiger partial charge in [0.05, 0.1) is 17.3 Å². The molecule has 0 aliphatic carbocycles. The summed E-state index contributed by atoms with van der Waals surface area (Å²) in [5.41, 5.74) is 0.840. The number of esters is 2. The predicted octanol–water partition coefficient (Wildman–Crippen LogP) is 3.76. The SMILES string of the molecule is CCOC(=O)c1cc(CC(=O)OCCNc2ccc(F)cc2Cl)oc1C. The van der Waals surface area contributed by atoms with E-state index in [0.29, 0.717) is 29.3 Å². The van der Waals surface area contributed by atoms with Crippen LogP contribution < -0.4 is 5.32 Å². The number of ether oxygens (including phenoxy) is 2. The van der Waals surface area contributed by atoms with E-state index in [2.05, 4.69) is 5.32 Å². The summed E-state index contributed by atoms with van der Waals surface area (Å²) in [4.78, 5) is 23.6. The van der Waals surface area contributed by atoms with E-state index < -0.39 is 17.8 Å². The van der Waals surface area contributed by atoms with Crippen molar-refractivity contribution in [1.82, 2.24) is 0 Å². The van der Waals surface area contributed by atoms with Gasteiger partial charge in [-0.3, -0.25) is 4.79 Å². The van der Waals surface area contributed by atoms with Crippen molar-refractivity contribution in [3.8, 4) is 0 Å². The van der Waals surface area contributed by atoms with Gasteiger partial charge in [0.2, 0.25) is 0 Å². The highest BCUT2D eigenvalue weighted by Crippen LogP contribution is 2.22. The van der Waals surface area contributed by atoms with Crippen LogP contribution in [0.1, 0.15) is 28.8 Å². The first-order valence-corrected chi connectivity index (χ1v) is 8.39. The van der Waals surface area contributed by atoms with E-state index in [1.54, 1.807) is 13.8 Å². The first-order chi connectivity index (χ1) is 12.4. The van der Waals surface area contributed by atoms with Gasteiger partial charge < -0.3 is 19.2 Å². The molecule has 0 saturated carbocycles. The number of rotatable bonds is 8. The zero-order valence-electron chi connectivity index (χ0n) is 14.4. The van der Waals surface area contributed by atoms with Crippen molar-refractivity contribution in [2.24, 2.45) is 0 Å². The fraction of sp³-hybridized carbons (Fsp3) is 0.333. The second-order valence-corrected chi connectivity index (χ2v) is 5.76. The molecule has 8 heteroatoms. The number of hydrogen-bond donors (Lipinski definition) is 1. The summed E-state index contributed by atoms with van der Waals surface area (Å²) in [6.45, 7) is 3.99. The van der Waals surface area contributed by atoms with Gasteiger partial charge in [-0.2, -0.15) is 0 Å². The van der Waals surface area contributed by atoms with Crippen LogP contribution in [0.15, 0.2) is 28.7 Å². The molecule has 140 valence electrons. The van der Waals surface area contributed by atoms with Crippen molar-refractivity contribution < 1.29 is 27.9 Å². The molecule has 1 aromatic heterocycles. The van der Waals surface area contributed by atoms with E-state index in [-0.39, 0.29) is 24.7 Å². The molecule has 1 aromatic carbocycles. The molecule has 26 heavy (non-hydrogen) atoms. The molecule has 0 unspecified atom stereocenters. The molecule has 6 nitrogen and oxygen atoms in total. The summed E-state index contributed by atoms with van der Waals surface area (Å²) < 4.78 is 28.3. The van der Waals surface area contributed by atoms with Crippen LogP contribution in [0.25, 0.3) is 0 Å². The minimum Gasteiger partial charge on any atom is -0.465 e. The first-order valence-electron chi connectivity index (χ1n) is 8.01. The summed E-state index contributed by atoms with van der Waals surface area (Å²) in [5.74, 6) is -0.707. The van der Waals surface area contributed by atoms with Gasteiger partial charge in [0.1, 0.15) is 35.9 Å². The lowest BCUT2D eigenvalue weighted by Gasteiger charge is -2.08. The first kappa shape index (κ1) is 19.8. The highest BCUT2D eigenvalue weighted by molar-refractivity contribution is 6.33. The van der Waals surface area contributed by atoms with Crippen LogP contribution in [0.3, 0.4) is 0 Å². The van der Waals surface area contributed by atoms with Gasteiger partial charge in [0, 0.05) is 6.54 Å². The van der Waals surface area contributed by atoms with Crippen molar-refractivity contribution in [2.75, 3.05) is 25.1 Å². The summed E-state index contributed by atoms with van der Waals surface area (Å²) in [5, 5.41) is 3.19. The third-order valence-electron chi connectivity index (χ3n) is 3.39. The zero-order valence-corrected chi connectivity index (χ0v) is 15.2. The maximum Gasteiger partial charge on any atom is 0.341 e. The zero-order chi connectivity index (χ0) is 19.1. The number of hydrogen-bond acceptors (Lipinski definition) is 6. The van der Waals surface area contributed by atoms with E-state index in [9.17, 15) is 14.0 Å². The van der Waals surface area contributed by atoms with Crippen LogP contribution in [0.4, 0.5) is 10.1 Å². The molecule has 0 fully saturated rings. The number of aryl methyl sites for hydroxylation is 1. The van der Waals surface area contributed by atoms with E-state index in [0.717, 1.165) is 0 Å². The van der Waals surface area contributed by atoms with Gasteiger partial charge in [-0.15, -0.1) is 0 Å². The number of benzene rings is 1. The summed E-state index contributed by atoms with van der Waals surface area (Å²) >= 11 is 5.88. The molecule has 0 radical (unpaired) electrons. The Labute approximate surface area is 155 Å². The highest BCUT2D eigenvalue weighted by Gasteiger charge is 2.18. The lowest BCUT2D eigenvalue weighted by molar-refractivity contribution is -0.142. The summed E-state index contributed by atoms with van der Waals surface area (Å²) in [6.07, 6.45) is -0.0997. The van der Waals surface area contributed by atoms with Crippen LogP contribution in [0.2, 0.25) is 5.02 Å². The Balaban J connectivity index is 1.78. The van der Waals surface area contributed by atoms with Gasteiger partial charge in [0.15, 0.2) is 0 Å². The third-order valence-corrected chi connectivity index (χ3v) is 3.71. The Morgan fingerprint density at radius 2 is 2.04 bits per heavy atom. The summed E-state index contributed by atoms with van der Waals surface area (Å²) in [7, 11) is 0. The van der Waals surface area contributed by atoms with Crippen LogP contribution in [0, 0.1) is 12.7 Å². The van der Waals surface area contributed by atoms with Crippen molar-refractivity contribution in [1.29, 1.82) is 0 Å². The number of anilines is 1. The van der Waals surface area contributed by atoms with Crippen LogP contribution in [-0.2, 0) is 20.7 Å². The average molecular weight is 384 g/mol. The molecule has 0 spiro atoms. The fourth-order valence-electron chi connectivity index (χ4n) is 2.22. The molecular formula is C18H19ClFNO5. The molecule has 1 heterocycles. The van der Waals surface area contributed by atoms with E-state index in [4.69, 9.17) is 25.5 Å². The van der Waals surface area contributed by atoms with E-state index >= 15 is 0 Å². The highest BCUT2D eigenvalue weighted by atomic mass is 35.5. The molecule has 1 N–H and O–H groups in total. The van der Waals surface area contributed by atoms with Crippen molar-refractivity contribution in [2.45, 2.75) is 20.3 Å². The summed E-state index contributed by atoms with van der Waals surface area (Å²) in [6, 6.07) is 5.45. The Kier molecular flexibility index (Phi) is 7.03. The Morgan fingerprint density at radius 1 is 1.27 bits per heavy atom. The molecule has 0 aliphatic heterocycles. The van der Waals surface area contributed by atoms with E-state index in [1.165, 1.54) is 24.3 Å². The normalized spacial score (nSPS) is 10.5.